The fourth-order valence-electron chi connectivity index (χ4n) is 1.50. The van der Waals surface area contributed by atoms with Crippen molar-refractivity contribution in [2.75, 3.05) is 11.9 Å². The molecule has 1 aromatic carbocycles. The maximum Gasteiger partial charge on any atom is 0.130 e. The van der Waals surface area contributed by atoms with Gasteiger partial charge in [-0.05, 0) is 30.6 Å². The highest BCUT2D eigenvalue weighted by Gasteiger charge is 2.07. The molecule has 0 aliphatic rings. The second-order valence-corrected chi connectivity index (χ2v) is 4.79. The summed E-state index contributed by atoms with van der Waals surface area (Å²) >= 11 is 4.85. The summed E-state index contributed by atoms with van der Waals surface area (Å²) in [6.07, 6.45) is 4.03. The summed E-state index contributed by atoms with van der Waals surface area (Å²) < 4.78 is 11.2. The smallest absolute Gasteiger partial charge is 0.130 e. The Morgan fingerprint density at radius 1 is 1.44 bits per heavy atom. The van der Waals surface area contributed by atoms with E-state index in [-0.39, 0.29) is 0 Å². The van der Waals surface area contributed by atoms with Crippen LogP contribution in [-0.2, 0) is 0 Å². The van der Waals surface area contributed by atoms with E-state index in [0.29, 0.717) is 6.61 Å². The monoisotopic (exact) mass is 297 g/mol. The van der Waals surface area contributed by atoms with Crippen LogP contribution in [0.3, 0.4) is 0 Å². The fraction of sp³-hybridized carbons (Fsp3) is 0.250. The number of benzene rings is 1. The molecule has 0 radical (unpaired) electrons. The Morgan fingerprint density at radius 3 is 3.12 bits per heavy atom. The summed E-state index contributed by atoms with van der Waals surface area (Å²) in [6.45, 7) is 2.61. The SMILES string of the molecule is Cc1nsc2cccc(OCC=CCBr)c12. The van der Waals surface area contributed by atoms with Gasteiger partial charge in [-0.1, -0.05) is 34.1 Å². The lowest BCUT2D eigenvalue weighted by Gasteiger charge is -2.04. The number of alkyl halides is 1. The molecule has 84 valence electrons. The molecule has 0 unspecified atom stereocenters. The number of hydrogen-bond donors (Lipinski definition) is 0. The Morgan fingerprint density at radius 2 is 2.31 bits per heavy atom. The third-order valence-corrected chi connectivity index (χ3v) is 3.50. The third-order valence-electron chi connectivity index (χ3n) is 2.22. The molecule has 0 aliphatic carbocycles. The minimum Gasteiger partial charge on any atom is -0.489 e. The van der Waals surface area contributed by atoms with Crippen LogP contribution in [0.4, 0.5) is 0 Å². The van der Waals surface area contributed by atoms with Gasteiger partial charge in [0.25, 0.3) is 0 Å². The lowest BCUT2D eigenvalue weighted by molar-refractivity contribution is 0.367. The molecule has 0 saturated carbocycles. The molecule has 2 rings (SSSR count). The van der Waals surface area contributed by atoms with E-state index >= 15 is 0 Å². The zero-order valence-corrected chi connectivity index (χ0v) is 11.3. The quantitative estimate of drug-likeness (QED) is 0.630. The van der Waals surface area contributed by atoms with Gasteiger partial charge >= 0.3 is 0 Å². The second kappa shape index (κ2) is 5.46. The predicted molar refractivity (Wildman–Crippen MR) is 72.8 cm³/mol. The highest BCUT2D eigenvalue weighted by molar-refractivity contribution is 9.09. The van der Waals surface area contributed by atoms with Crippen molar-refractivity contribution in [3.8, 4) is 5.75 Å². The highest BCUT2D eigenvalue weighted by Crippen LogP contribution is 2.30. The molecule has 2 nitrogen and oxygen atoms in total. The zero-order valence-electron chi connectivity index (χ0n) is 8.94. The van der Waals surface area contributed by atoms with Crippen molar-refractivity contribution in [2.45, 2.75) is 6.92 Å². The van der Waals surface area contributed by atoms with Crippen LogP contribution in [0.25, 0.3) is 10.1 Å². The van der Waals surface area contributed by atoms with Crippen molar-refractivity contribution in [1.82, 2.24) is 4.37 Å². The van der Waals surface area contributed by atoms with Crippen molar-refractivity contribution in [2.24, 2.45) is 0 Å². The molecule has 1 aromatic heterocycles. The maximum absolute atomic E-state index is 5.72. The lowest BCUT2D eigenvalue weighted by atomic mass is 10.2. The number of rotatable bonds is 4. The van der Waals surface area contributed by atoms with E-state index in [4.69, 9.17) is 4.74 Å². The molecule has 16 heavy (non-hydrogen) atoms. The molecule has 0 bridgehead atoms. The van der Waals surface area contributed by atoms with Crippen LogP contribution in [-0.4, -0.2) is 16.3 Å². The van der Waals surface area contributed by atoms with Crippen LogP contribution in [0.2, 0.25) is 0 Å². The van der Waals surface area contributed by atoms with Gasteiger partial charge in [0.1, 0.15) is 12.4 Å². The van der Waals surface area contributed by atoms with Gasteiger partial charge in [-0.2, -0.15) is 4.37 Å². The predicted octanol–water partition coefficient (Wildman–Crippen LogP) is 3.93. The number of hydrogen-bond acceptors (Lipinski definition) is 3. The van der Waals surface area contributed by atoms with Gasteiger partial charge in [0.15, 0.2) is 0 Å². The van der Waals surface area contributed by atoms with Gasteiger partial charge in [-0.25, -0.2) is 0 Å². The number of fused-ring (bicyclic) bond motifs is 1. The average molecular weight is 298 g/mol. The standard InChI is InChI=1S/C12H12BrNOS/c1-9-12-10(15-8-3-2-7-13)5-4-6-11(12)16-14-9/h2-6H,7-8H2,1H3. The van der Waals surface area contributed by atoms with E-state index in [1.54, 1.807) is 0 Å². The van der Waals surface area contributed by atoms with Crippen LogP contribution in [0, 0.1) is 6.92 Å². The molecule has 0 saturated heterocycles. The number of ether oxygens (including phenoxy) is 1. The largest absolute Gasteiger partial charge is 0.489 e. The van der Waals surface area contributed by atoms with E-state index in [1.807, 2.05) is 31.2 Å². The van der Waals surface area contributed by atoms with E-state index in [0.717, 1.165) is 22.2 Å². The minimum atomic E-state index is 0.597. The van der Waals surface area contributed by atoms with Crippen LogP contribution in [0.5, 0.6) is 5.75 Å². The minimum absolute atomic E-state index is 0.597. The first kappa shape index (κ1) is 11.6. The van der Waals surface area contributed by atoms with E-state index in [2.05, 4.69) is 26.4 Å². The molecule has 4 heteroatoms. The molecule has 0 atom stereocenters. The van der Waals surface area contributed by atoms with Gasteiger partial charge < -0.3 is 4.74 Å². The Bertz CT molecular complexity index is 507. The zero-order chi connectivity index (χ0) is 11.4. The van der Waals surface area contributed by atoms with Gasteiger partial charge in [0.05, 0.1) is 15.8 Å². The summed E-state index contributed by atoms with van der Waals surface area (Å²) in [7, 11) is 0. The van der Waals surface area contributed by atoms with Crippen molar-refractivity contribution in [1.29, 1.82) is 0 Å². The summed E-state index contributed by atoms with van der Waals surface area (Å²) in [6, 6.07) is 6.07. The van der Waals surface area contributed by atoms with E-state index < -0.39 is 0 Å². The normalized spacial score (nSPS) is 11.4. The van der Waals surface area contributed by atoms with E-state index in [9.17, 15) is 0 Å². The molecule has 0 spiro atoms. The average Bonchev–Trinajstić information content (AvgIpc) is 2.68. The Labute approximate surface area is 107 Å². The molecule has 1 heterocycles. The first-order valence-electron chi connectivity index (χ1n) is 5.01. The van der Waals surface area contributed by atoms with Crippen molar-refractivity contribution in [3.05, 3.63) is 36.0 Å². The van der Waals surface area contributed by atoms with Gasteiger partial charge in [0, 0.05) is 5.33 Å². The molecule has 0 aliphatic heterocycles. The Kier molecular flexibility index (Phi) is 3.96. The summed E-state index contributed by atoms with van der Waals surface area (Å²) in [5.41, 5.74) is 1.04. The highest BCUT2D eigenvalue weighted by atomic mass is 79.9. The summed E-state index contributed by atoms with van der Waals surface area (Å²) in [5, 5.41) is 2.00. The number of aromatic nitrogens is 1. The van der Waals surface area contributed by atoms with E-state index in [1.165, 1.54) is 16.2 Å². The molecule has 0 amide bonds. The van der Waals surface area contributed by atoms with Crippen LogP contribution in [0.1, 0.15) is 5.69 Å². The number of aryl methyl sites for hydroxylation is 1. The Balaban J connectivity index is 2.23. The lowest BCUT2D eigenvalue weighted by Crippen LogP contribution is -1.94. The third kappa shape index (κ3) is 2.44. The summed E-state index contributed by atoms with van der Waals surface area (Å²) in [5.74, 6) is 0.919. The first-order valence-corrected chi connectivity index (χ1v) is 6.91. The molecule has 0 fully saturated rings. The molecule has 0 N–H and O–H groups in total. The van der Waals surface area contributed by atoms with Crippen molar-refractivity contribution < 1.29 is 4.74 Å². The summed E-state index contributed by atoms with van der Waals surface area (Å²) in [4.78, 5) is 0. The fourth-order valence-corrected chi connectivity index (χ4v) is 2.57. The first-order chi connectivity index (χ1) is 7.83. The number of nitrogens with zero attached hydrogens (tertiary/aromatic N) is 1. The topological polar surface area (TPSA) is 22.1 Å². The van der Waals surface area contributed by atoms with Crippen LogP contribution < -0.4 is 4.74 Å². The van der Waals surface area contributed by atoms with Crippen molar-refractivity contribution >= 4 is 37.5 Å². The van der Waals surface area contributed by atoms with Crippen molar-refractivity contribution in [3.63, 3.8) is 0 Å². The molecular formula is C12H12BrNOS. The Hall–Kier alpha value is -0.870. The second-order valence-electron chi connectivity index (χ2n) is 3.33. The van der Waals surface area contributed by atoms with Crippen LogP contribution >= 0.6 is 27.5 Å². The van der Waals surface area contributed by atoms with Gasteiger partial charge in [0.2, 0.25) is 0 Å². The van der Waals surface area contributed by atoms with Gasteiger partial charge in [-0.3, -0.25) is 0 Å². The maximum atomic E-state index is 5.72. The van der Waals surface area contributed by atoms with Gasteiger partial charge in [-0.15, -0.1) is 0 Å². The van der Waals surface area contributed by atoms with Crippen LogP contribution in [0.15, 0.2) is 30.4 Å². The molecule has 2 aromatic rings. The number of halogens is 1. The molecular weight excluding hydrogens is 286 g/mol. The number of allylic oxidation sites excluding steroid dienone is 1.